The lowest BCUT2D eigenvalue weighted by Gasteiger charge is -2.31. The minimum absolute atomic E-state index is 0.0690. The molecule has 3 N–H and O–H groups in total. The van der Waals surface area contributed by atoms with Crippen LogP contribution in [0, 0.1) is 0 Å². The number of para-hydroxylation sites is 1. The first-order valence-corrected chi connectivity index (χ1v) is 15.5. The second-order valence-corrected chi connectivity index (χ2v) is 12.7. The van der Waals surface area contributed by atoms with Gasteiger partial charge in [-0.15, -0.1) is 0 Å². The molecule has 1 fully saturated rings. The first kappa shape index (κ1) is 36.6. The van der Waals surface area contributed by atoms with Crippen LogP contribution in [-0.4, -0.2) is 86.7 Å². The molecule has 13 nitrogen and oxygen atoms in total. The monoisotopic (exact) mass is 677 g/mol. The van der Waals surface area contributed by atoms with Crippen molar-refractivity contribution in [3.63, 3.8) is 0 Å². The van der Waals surface area contributed by atoms with E-state index in [9.17, 15) is 39.3 Å². The maximum absolute atomic E-state index is 14.1. The van der Waals surface area contributed by atoms with Crippen molar-refractivity contribution < 1.29 is 58.2 Å². The molecule has 1 aliphatic rings. The zero-order valence-corrected chi connectivity index (χ0v) is 27.5. The third kappa shape index (κ3) is 9.21. The Morgan fingerprint density at radius 2 is 1.31 bits per heavy atom. The van der Waals surface area contributed by atoms with Gasteiger partial charge in [-0.25, -0.2) is 14.4 Å². The van der Waals surface area contributed by atoms with Crippen molar-refractivity contribution in [2.75, 3.05) is 13.1 Å². The van der Waals surface area contributed by atoms with Gasteiger partial charge in [-0.3, -0.25) is 9.59 Å². The van der Waals surface area contributed by atoms with Crippen molar-refractivity contribution in [1.29, 1.82) is 0 Å². The molecule has 0 radical (unpaired) electrons. The number of benzene rings is 3. The average molecular weight is 678 g/mol. The van der Waals surface area contributed by atoms with Gasteiger partial charge in [0.1, 0.15) is 23.6 Å². The van der Waals surface area contributed by atoms with Crippen LogP contribution in [0.4, 0.5) is 0 Å². The van der Waals surface area contributed by atoms with E-state index in [4.69, 9.17) is 18.9 Å². The molecular formula is C36H39NO12. The quantitative estimate of drug-likeness (QED) is 0.159. The number of amides is 1. The fourth-order valence-electron chi connectivity index (χ4n) is 5.45. The minimum atomic E-state index is -3.42. The number of aliphatic carboxylic acids is 3. The van der Waals surface area contributed by atoms with Crippen molar-refractivity contribution in [2.45, 2.75) is 69.5 Å². The molecule has 0 aromatic heterocycles. The molecular weight excluding hydrogens is 638 g/mol. The van der Waals surface area contributed by atoms with Crippen molar-refractivity contribution >= 4 is 29.8 Å². The Labute approximate surface area is 283 Å². The highest BCUT2D eigenvalue weighted by Gasteiger charge is 2.64. The van der Waals surface area contributed by atoms with Gasteiger partial charge in [-0.2, -0.15) is 0 Å². The summed E-state index contributed by atoms with van der Waals surface area (Å²) in [7, 11) is 0. The third-order valence-electron chi connectivity index (χ3n) is 7.72. The van der Waals surface area contributed by atoms with E-state index in [0.717, 1.165) is 16.0 Å². The molecule has 49 heavy (non-hydrogen) atoms. The average Bonchev–Trinajstić information content (AvgIpc) is 3.47. The number of hydrogen-bond donors (Lipinski definition) is 3. The van der Waals surface area contributed by atoms with E-state index in [2.05, 4.69) is 0 Å². The van der Waals surface area contributed by atoms with Gasteiger partial charge in [0.25, 0.3) is 5.91 Å². The molecule has 3 aromatic carbocycles. The summed E-state index contributed by atoms with van der Waals surface area (Å²) in [4.78, 5) is 64.4. The molecule has 1 saturated heterocycles. The normalized spacial score (nSPS) is 18.1. The van der Waals surface area contributed by atoms with Crippen molar-refractivity contribution in [1.82, 2.24) is 4.90 Å². The Morgan fingerprint density at radius 1 is 0.776 bits per heavy atom. The van der Waals surface area contributed by atoms with Crippen LogP contribution in [0.5, 0.6) is 11.5 Å². The number of esters is 1. The van der Waals surface area contributed by atoms with Crippen LogP contribution in [0.3, 0.4) is 0 Å². The van der Waals surface area contributed by atoms with Crippen molar-refractivity contribution in [3.8, 4) is 11.5 Å². The number of carboxylic acids is 3. The maximum Gasteiger partial charge on any atom is 0.377 e. The Morgan fingerprint density at radius 3 is 1.84 bits per heavy atom. The van der Waals surface area contributed by atoms with Gasteiger partial charge >= 0.3 is 29.7 Å². The summed E-state index contributed by atoms with van der Waals surface area (Å²) in [5, 5.41) is 29.3. The van der Waals surface area contributed by atoms with Crippen molar-refractivity contribution in [2.24, 2.45) is 0 Å². The van der Waals surface area contributed by atoms with E-state index in [0.29, 0.717) is 17.9 Å². The number of carbonyl (C=O) groups excluding carboxylic acids is 2. The van der Waals surface area contributed by atoms with Gasteiger partial charge in [0.2, 0.25) is 0 Å². The number of ether oxygens (including phenoxy) is 4. The van der Waals surface area contributed by atoms with E-state index in [1.807, 2.05) is 55.5 Å². The Hall–Kier alpha value is -5.27. The van der Waals surface area contributed by atoms with E-state index in [1.54, 1.807) is 36.4 Å². The number of carbonyl (C=O) groups is 5. The molecule has 0 bridgehead atoms. The van der Waals surface area contributed by atoms with Crippen molar-refractivity contribution in [3.05, 3.63) is 96.1 Å². The lowest BCUT2D eigenvalue weighted by atomic mass is 9.85. The Balaban J connectivity index is 1.70. The van der Waals surface area contributed by atoms with Crippen LogP contribution in [0.25, 0.3) is 0 Å². The van der Waals surface area contributed by atoms with Gasteiger partial charge in [-0.1, -0.05) is 67.6 Å². The van der Waals surface area contributed by atoms with E-state index in [1.165, 1.54) is 20.8 Å². The van der Waals surface area contributed by atoms with Crippen LogP contribution in [0.15, 0.2) is 84.9 Å². The predicted octanol–water partition coefficient (Wildman–Crippen LogP) is 4.66. The molecule has 3 aromatic rings. The summed E-state index contributed by atoms with van der Waals surface area (Å²) >= 11 is 0. The largest absolute Gasteiger partial charge is 0.480 e. The highest BCUT2D eigenvalue weighted by molar-refractivity contribution is 6.02. The molecule has 4 atom stereocenters. The van der Waals surface area contributed by atoms with E-state index in [-0.39, 0.29) is 12.5 Å². The van der Waals surface area contributed by atoms with Gasteiger partial charge in [0, 0.05) is 12.5 Å². The highest BCUT2D eigenvalue weighted by atomic mass is 16.8. The van der Waals surface area contributed by atoms with Crippen LogP contribution in [0.1, 0.15) is 57.1 Å². The highest BCUT2D eigenvalue weighted by Crippen LogP contribution is 2.35. The molecule has 4 rings (SSSR count). The summed E-state index contributed by atoms with van der Waals surface area (Å²) in [6.07, 6.45) is -3.86. The number of hydrogen-bond acceptors (Lipinski definition) is 9. The molecule has 0 aliphatic carbocycles. The smallest absolute Gasteiger partial charge is 0.377 e. The van der Waals surface area contributed by atoms with Crippen LogP contribution in [-0.2, 0) is 38.2 Å². The molecule has 1 heterocycles. The standard InChI is InChI=1S/C36H39NO12/c1-22(23-11-7-5-8-12-23)19-25(24-15-17-27(18-16-24)46-26-13-9-6-10-14-26)20-37(21-28(38)39)31(40)29-30(32(41)49-35(2,3)4)48-36(47-29,33(42)43)34(44)45/h5-18,22,25,29-30H,19-21H2,1-4H3,(H,38,39)(H,42,43)(H,44,45)/t22?,25-,29-,30-/m0/s1. The summed E-state index contributed by atoms with van der Waals surface area (Å²) in [6, 6.07) is 25.8. The summed E-state index contributed by atoms with van der Waals surface area (Å²) in [5.74, 6) is -10.9. The zero-order chi connectivity index (χ0) is 35.9. The number of carboxylic acid groups (broad SMARTS) is 3. The summed E-state index contributed by atoms with van der Waals surface area (Å²) < 4.78 is 21.6. The minimum Gasteiger partial charge on any atom is -0.480 e. The first-order valence-electron chi connectivity index (χ1n) is 15.5. The van der Waals surface area contributed by atoms with Gasteiger partial charge in [0.05, 0.1) is 0 Å². The third-order valence-corrected chi connectivity index (χ3v) is 7.72. The van der Waals surface area contributed by atoms with Gasteiger partial charge < -0.3 is 39.2 Å². The molecule has 0 spiro atoms. The lowest BCUT2D eigenvalue weighted by Crippen LogP contribution is -2.51. The molecule has 13 heteroatoms. The fourth-order valence-corrected chi connectivity index (χ4v) is 5.45. The predicted molar refractivity (Wildman–Crippen MR) is 173 cm³/mol. The molecule has 0 saturated carbocycles. The SMILES string of the molecule is CC(C[C@@H](CN(CC(=O)O)C(=O)[C@H]1OC(C(=O)O)(C(=O)O)O[C@@H]1C(=O)OC(C)(C)C)c1ccc(Oc2ccccc2)cc1)c1ccccc1. The summed E-state index contributed by atoms with van der Waals surface area (Å²) in [5.41, 5.74) is 0.587. The Kier molecular flexibility index (Phi) is 11.4. The Bertz CT molecular complexity index is 1620. The molecule has 1 amide bonds. The van der Waals surface area contributed by atoms with Crippen LogP contribution in [0.2, 0.25) is 0 Å². The fraction of sp³-hybridized carbons (Fsp3) is 0.361. The van der Waals surface area contributed by atoms with Crippen LogP contribution >= 0.6 is 0 Å². The van der Waals surface area contributed by atoms with E-state index >= 15 is 0 Å². The van der Waals surface area contributed by atoms with E-state index < -0.39 is 65.8 Å². The second-order valence-electron chi connectivity index (χ2n) is 12.7. The topological polar surface area (TPSA) is 186 Å². The van der Waals surface area contributed by atoms with Gasteiger partial charge in [-0.05, 0) is 68.5 Å². The first-order chi connectivity index (χ1) is 23.1. The second kappa shape index (κ2) is 15.3. The number of rotatable bonds is 14. The lowest BCUT2D eigenvalue weighted by molar-refractivity contribution is -0.221. The molecule has 1 aliphatic heterocycles. The van der Waals surface area contributed by atoms with Crippen LogP contribution < -0.4 is 4.74 Å². The molecule has 1 unspecified atom stereocenters. The summed E-state index contributed by atoms with van der Waals surface area (Å²) in [6.45, 7) is 5.40. The maximum atomic E-state index is 14.1. The van der Waals surface area contributed by atoms with Gasteiger partial charge in [0.15, 0.2) is 12.2 Å². The number of nitrogens with zero attached hydrogens (tertiary/aromatic N) is 1. The zero-order valence-electron chi connectivity index (χ0n) is 27.5. The molecule has 260 valence electrons.